The molecule has 3 rings (SSSR count). The molecule has 2 aromatic carbocycles. The minimum absolute atomic E-state index is 0.114. The van der Waals surface area contributed by atoms with Gasteiger partial charge in [-0.3, -0.25) is 14.9 Å². The third kappa shape index (κ3) is 2.78. The van der Waals surface area contributed by atoms with Gasteiger partial charge < -0.3 is 10.3 Å². The molecule has 0 unspecified atom stereocenters. The van der Waals surface area contributed by atoms with Crippen LogP contribution in [0.3, 0.4) is 0 Å². The average molecular weight is 296 g/mol. The molecule has 0 aliphatic rings. The van der Waals surface area contributed by atoms with E-state index in [-0.39, 0.29) is 23.7 Å². The largest absolute Gasteiger partial charge is 0.345 e. The van der Waals surface area contributed by atoms with Crippen LogP contribution < -0.4 is 5.32 Å². The van der Waals surface area contributed by atoms with Crippen LogP contribution in [0.15, 0.2) is 48.5 Å². The first-order valence-corrected chi connectivity index (χ1v) is 6.60. The van der Waals surface area contributed by atoms with Crippen molar-refractivity contribution in [3.8, 4) is 0 Å². The number of hydrogen-bond acceptors (Lipinski definition) is 4. The quantitative estimate of drug-likeness (QED) is 0.570. The van der Waals surface area contributed by atoms with Gasteiger partial charge in [-0.2, -0.15) is 0 Å². The Hall–Kier alpha value is -3.22. The van der Waals surface area contributed by atoms with Gasteiger partial charge >= 0.3 is 0 Å². The zero-order valence-corrected chi connectivity index (χ0v) is 11.4. The second-order valence-electron chi connectivity index (χ2n) is 4.69. The highest BCUT2D eigenvalue weighted by atomic mass is 16.6. The summed E-state index contributed by atoms with van der Waals surface area (Å²) >= 11 is 0. The van der Waals surface area contributed by atoms with E-state index in [1.807, 2.05) is 24.3 Å². The number of imidazole rings is 1. The first-order chi connectivity index (χ1) is 10.6. The Morgan fingerprint density at radius 1 is 1.23 bits per heavy atom. The Morgan fingerprint density at radius 3 is 2.82 bits per heavy atom. The van der Waals surface area contributed by atoms with Crippen molar-refractivity contribution in [2.24, 2.45) is 0 Å². The molecule has 110 valence electrons. The molecule has 0 saturated heterocycles. The number of hydrogen-bond donors (Lipinski definition) is 2. The molecule has 22 heavy (non-hydrogen) atoms. The first kappa shape index (κ1) is 13.7. The number of nitro benzene ring substituents is 1. The molecule has 1 aromatic heterocycles. The number of nitro groups is 1. The number of non-ortho nitro benzene ring substituents is 1. The van der Waals surface area contributed by atoms with Crippen molar-refractivity contribution in [1.29, 1.82) is 0 Å². The standard InChI is InChI=1S/C15H12N4O3/c20-15(10-4-3-5-11(8-10)19(21)22)16-9-14-17-12-6-1-2-7-13(12)18-14/h1-8H,9H2,(H,16,20)(H,17,18). The third-order valence-corrected chi connectivity index (χ3v) is 3.17. The van der Waals surface area contributed by atoms with Gasteiger partial charge in [-0.05, 0) is 18.2 Å². The molecule has 0 atom stereocenters. The summed E-state index contributed by atoms with van der Waals surface area (Å²) in [5.41, 5.74) is 1.84. The number of aromatic nitrogens is 2. The van der Waals surface area contributed by atoms with Crippen LogP contribution in [0.1, 0.15) is 16.2 Å². The number of aromatic amines is 1. The van der Waals surface area contributed by atoms with Gasteiger partial charge in [0.1, 0.15) is 5.82 Å². The molecule has 0 spiro atoms. The van der Waals surface area contributed by atoms with Crippen molar-refractivity contribution < 1.29 is 9.72 Å². The van der Waals surface area contributed by atoms with Crippen molar-refractivity contribution in [3.63, 3.8) is 0 Å². The van der Waals surface area contributed by atoms with E-state index in [1.54, 1.807) is 0 Å². The van der Waals surface area contributed by atoms with Crippen LogP contribution in [0.4, 0.5) is 5.69 Å². The molecule has 0 radical (unpaired) electrons. The molecule has 1 heterocycles. The maximum atomic E-state index is 12.0. The monoisotopic (exact) mass is 296 g/mol. The maximum Gasteiger partial charge on any atom is 0.270 e. The molecular weight excluding hydrogens is 284 g/mol. The first-order valence-electron chi connectivity index (χ1n) is 6.60. The van der Waals surface area contributed by atoms with Gasteiger partial charge in [0.25, 0.3) is 11.6 Å². The fourth-order valence-electron chi connectivity index (χ4n) is 2.12. The number of nitrogens with zero attached hydrogens (tertiary/aromatic N) is 2. The maximum absolute atomic E-state index is 12.0. The summed E-state index contributed by atoms with van der Waals surface area (Å²) in [4.78, 5) is 29.7. The van der Waals surface area contributed by atoms with E-state index < -0.39 is 4.92 Å². The SMILES string of the molecule is O=C(NCc1nc2ccccc2[nH]1)c1cccc([N+](=O)[O-])c1. The Balaban J connectivity index is 1.71. The van der Waals surface area contributed by atoms with Gasteiger partial charge in [0.2, 0.25) is 0 Å². The van der Waals surface area contributed by atoms with Crippen LogP contribution in [0.5, 0.6) is 0 Å². The Labute approximate surface area is 125 Å². The number of carbonyl (C=O) groups is 1. The number of para-hydroxylation sites is 2. The van der Waals surface area contributed by atoms with Crippen LogP contribution in [-0.2, 0) is 6.54 Å². The predicted octanol–water partition coefficient (Wildman–Crippen LogP) is 2.40. The molecule has 7 heteroatoms. The van der Waals surface area contributed by atoms with Crippen molar-refractivity contribution >= 4 is 22.6 Å². The molecule has 7 nitrogen and oxygen atoms in total. The van der Waals surface area contributed by atoms with Crippen LogP contribution in [0.25, 0.3) is 11.0 Å². The van der Waals surface area contributed by atoms with Gasteiger partial charge in [0.15, 0.2) is 0 Å². The molecular formula is C15H12N4O3. The van der Waals surface area contributed by atoms with E-state index >= 15 is 0 Å². The number of benzene rings is 2. The average Bonchev–Trinajstić information content (AvgIpc) is 2.95. The highest BCUT2D eigenvalue weighted by molar-refractivity contribution is 5.94. The number of nitrogens with one attached hydrogen (secondary N) is 2. The zero-order chi connectivity index (χ0) is 15.5. The van der Waals surface area contributed by atoms with Gasteiger partial charge in [-0.25, -0.2) is 4.98 Å². The van der Waals surface area contributed by atoms with E-state index in [2.05, 4.69) is 15.3 Å². The van der Waals surface area contributed by atoms with E-state index in [9.17, 15) is 14.9 Å². The summed E-state index contributed by atoms with van der Waals surface area (Å²) in [5, 5.41) is 13.4. The Morgan fingerprint density at radius 2 is 2.05 bits per heavy atom. The topological polar surface area (TPSA) is 101 Å². The normalized spacial score (nSPS) is 10.5. The molecule has 3 aromatic rings. The lowest BCUT2D eigenvalue weighted by Crippen LogP contribution is -2.23. The van der Waals surface area contributed by atoms with Crippen LogP contribution in [-0.4, -0.2) is 20.8 Å². The second kappa shape index (κ2) is 5.65. The lowest BCUT2D eigenvalue weighted by molar-refractivity contribution is -0.384. The van der Waals surface area contributed by atoms with Crippen LogP contribution in [0, 0.1) is 10.1 Å². The van der Waals surface area contributed by atoms with Gasteiger partial charge in [0.05, 0.1) is 22.5 Å². The fourth-order valence-corrected chi connectivity index (χ4v) is 2.12. The summed E-state index contributed by atoms with van der Waals surface area (Å²) in [7, 11) is 0. The minimum atomic E-state index is -0.532. The highest BCUT2D eigenvalue weighted by Gasteiger charge is 2.11. The van der Waals surface area contributed by atoms with E-state index in [0.29, 0.717) is 5.82 Å². The van der Waals surface area contributed by atoms with Crippen LogP contribution in [0.2, 0.25) is 0 Å². The third-order valence-electron chi connectivity index (χ3n) is 3.17. The lowest BCUT2D eigenvalue weighted by Gasteiger charge is -2.03. The summed E-state index contributed by atoms with van der Waals surface area (Å²) < 4.78 is 0. The summed E-state index contributed by atoms with van der Waals surface area (Å²) in [6.07, 6.45) is 0. The van der Waals surface area contributed by atoms with Gasteiger partial charge in [-0.1, -0.05) is 18.2 Å². The van der Waals surface area contributed by atoms with Gasteiger partial charge in [-0.15, -0.1) is 0 Å². The molecule has 0 bridgehead atoms. The number of H-pyrrole nitrogens is 1. The molecule has 0 saturated carbocycles. The van der Waals surface area contributed by atoms with E-state index in [4.69, 9.17) is 0 Å². The van der Waals surface area contributed by atoms with E-state index in [1.165, 1.54) is 24.3 Å². The molecule has 1 amide bonds. The molecule has 2 N–H and O–H groups in total. The number of amides is 1. The number of rotatable bonds is 4. The fraction of sp³-hybridized carbons (Fsp3) is 0.0667. The number of carbonyl (C=O) groups excluding carboxylic acids is 1. The van der Waals surface area contributed by atoms with Crippen molar-refractivity contribution in [2.45, 2.75) is 6.54 Å². The summed E-state index contributed by atoms with van der Waals surface area (Å²) in [5.74, 6) is 0.240. The van der Waals surface area contributed by atoms with E-state index in [0.717, 1.165) is 11.0 Å². The van der Waals surface area contributed by atoms with Crippen molar-refractivity contribution in [2.75, 3.05) is 0 Å². The van der Waals surface area contributed by atoms with Gasteiger partial charge in [0, 0.05) is 17.7 Å². The van der Waals surface area contributed by atoms with Crippen molar-refractivity contribution in [3.05, 3.63) is 70.0 Å². The van der Waals surface area contributed by atoms with Crippen LogP contribution >= 0.6 is 0 Å². The Bertz CT molecular complexity index is 824. The second-order valence-corrected chi connectivity index (χ2v) is 4.69. The molecule has 0 aliphatic heterocycles. The number of fused-ring (bicyclic) bond motifs is 1. The molecule has 0 fully saturated rings. The summed E-state index contributed by atoms with van der Waals surface area (Å²) in [6, 6.07) is 13.1. The molecule has 0 aliphatic carbocycles. The highest BCUT2D eigenvalue weighted by Crippen LogP contribution is 2.13. The zero-order valence-electron chi connectivity index (χ0n) is 11.4. The predicted molar refractivity (Wildman–Crippen MR) is 80.4 cm³/mol. The minimum Gasteiger partial charge on any atom is -0.345 e. The van der Waals surface area contributed by atoms with Crippen molar-refractivity contribution in [1.82, 2.24) is 15.3 Å². The smallest absolute Gasteiger partial charge is 0.270 e. The Kier molecular flexibility index (Phi) is 3.53. The lowest BCUT2D eigenvalue weighted by atomic mass is 10.2. The summed E-state index contributed by atoms with van der Waals surface area (Å²) in [6.45, 7) is 0.218.